The van der Waals surface area contributed by atoms with Gasteiger partial charge in [0.25, 0.3) is 0 Å². The van der Waals surface area contributed by atoms with E-state index in [1.165, 1.54) is 5.56 Å². The Labute approximate surface area is 117 Å². The van der Waals surface area contributed by atoms with Gasteiger partial charge in [0.15, 0.2) is 0 Å². The zero-order chi connectivity index (χ0) is 13.1. The van der Waals surface area contributed by atoms with E-state index in [2.05, 4.69) is 31.6 Å². The predicted molar refractivity (Wildman–Crippen MR) is 80.5 cm³/mol. The molecule has 1 saturated heterocycles. The van der Waals surface area contributed by atoms with Crippen LogP contribution in [-0.2, 0) is 6.54 Å². The lowest BCUT2D eigenvalue weighted by Crippen LogP contribution is -2.46. The van der Waals surface area contributed by atoms with Crippen LogP contribution in [0.2, 0.25) is 0 Å². The summed E-state index contributed by atoms with van der Waals surface area (Å²) < 4.78 is 0. The smallest absolute Gasteiger partial charge is 0.128 e. The van der Waals surface area contributed by atoms with E-state index in [1.807, 2.05) is 12.1 Å². The van der Waals surface area contributed by atoms with Gasteiger partial charge in [0.1, 0.15) is 5.82 Å². The summed E-state index contributed by atoms with van der Waals surface area (Å²) in [6.07, 6.45) is 1.73. The van der Waals surface area contributed by atoms with Crippen molar-refractivity contribution in [1.82, 2.24) is 9.88 Å². The molecule has 0 atom stereocenters. The van der Waals surface area contributed by atoms with Gasteiger partial charge in [-0.05, 0) is 34.5 Å². The molecule has 3 heterocycles. The van der Waals surface area contributed by atoms with Crippen LogP contribution in [0.25, 0.3) is 0 Å². The Morgan fingerprint density at radius 3 is 2.63 bits per heavy atom. The van der Waals surface area contributed by atoms with Gasteiger partial charge in [0.05, 0.1) is 11.9 Å². The molecular formula is C14H18N4S. The first-order valence-corrected chi connectivity index (χ1v) is 7.45. The molecule has 1 fully saturated rings. The van der Waals surface area contributed by atoms with Gasteiger partial charge in [0, 0.05) is 32.7 Å². The van der Waals surface area contributed by atoms with Crippen molar-refractivity contribution in [2.24, 2.45) is 0 Å². The first-order chi connectivity index (χ1) is 9.31. The first-order valence-electron chi connectivity index (χ1n) is 6.51. The minimum absolute atomic E-state index is 0.722. The van der Waals surface area contributed by atoms with Crippen LogP contribution in [-0.4, -0.2) is 36.1 Å². The molecule has 0 spiro atoms. The fraction of sp³-hybridized carbons (Fsp3) is 0.357. The second kappa shape index (κ2) is 5.59. The zero-order valence-corrected chi connectivity index (χ0v) is 11.6. The van der Waals surface area contributed by atoms with Gasteiger partial charge in [0.2, 0.25) is 0 Å². The van der Waals surface area contributed by atoms with Gasteiger partial charge in [-0.3, -0.25) is 4.90 Å². The molecule has 2 aromatic heterocycles. The number of rotatable bonds is 3. The molecule has 1 aliphatic heterocycles. The maximum atomic E-state index is 5.67. The van der Waals surface area contributed by atoms with E-state index < -0.39 is 0 Å². The summed E-state index contributed by atoms with van der Waals surface area (Å²) in [4.78, 5) is 9.21. The number of thiophene rings is 1. The fourth-order valence-corrected chi connectivity index (χ4v) is 3.02. The van der Waals surface area contributed by atoms with Crippen LogP contribution in [0.15, 0.2) is 35.2 Å². The van der Waals surface area contributed by atoms with Crippen LogP contribution in [0.5, 0.6) is 0 Å². The van der Waals surface area contributed by atoms with Crippen LogP contribution >= 0.6 is 11.3 Å². The molecule has 1 aliphatic rings. The highest BCUT2D eigenvalue weighted by atomic mass is 32.1. The van der Waals surface area contributed by atoms with Gasteiger partial charge in [-0.25, -0.2) is 4.98 Å². The second-order valence-corrected chi connectivity index (χ2v) is 5.62. The second-order valence-electron chi connectivity index (χ2n) is 4.84. The van der Waals surface area contributed by atoms with Gasteiger partial charge in [-0.15, -0.1) is 0 Å². The molecule has 2 N–H and O–H groups in total. The van der Waals surface area contributed by atoms with Gasteiger partial charge >= 0.3 is 0 Å². The Hall–Kier alpha value is -1.59. The van der Waals surface area contributed by atoms with Gasteiger partial charge in [-0.1, -0.05) is 0 Å². The van der Waals surface area contributed by atoms with Crippen molar-refractivity contribution in [3.05, 3.63) is 40.7 Å². The van der Waals surface area contributed by atoms with E-state index in [-0.39, 0.29) is 0 Å². The summed E-state index contributed by atoms with van der Waals surface area (Å²) in [5.41, 5.74) is 7.81. The number of pyridine rings is 1. The standard InChI is InChI=1S/C14H18N4S/c15-13-1-2-14(16-9-13)18-6-4-17(5-7-18)10-12-3-8-19-11-12/h1-3,8-9,11H,4-7,10,15H2. The maximum absolute atomic E-state index is 5.67. The van der Waals surface area contributed by atoms with Crippen molar-refractivity contribution in [3.63, 3.8) is 0 Å². The lowest BCUT2D eigenvalue weighted by Gasteiger charge is -2.35. The van der Waals surface area contributed by atoms with Crippen LogP contribution in [0.1, 0.15) is 5.56 Å². The molecule has 0 radical (unpaired) electrons. The quantitative estimate of drug-likeness (QED) is 0.930. The number of nitrogens with zero attached hydrogens (tertiary/aromatic N) is 3. The van der Waals surface area contributed by atoms with E-state index in [0.29, 0.717) is 0 Å². The summed E-state index contributed by atoms with van der Waals surface area (Å²) in [6.45, 7) is 5.29. The topological polar surface area (TPSA) is 45.4 Å². The van der Waals surface area contributed by atoms with Gasteiger partial charge < -0.3 is 10.6 Å². The van der Waals surface area contributed by atoms with Crippen molar-refractivity contribution in [1.29, 1.82) is 0 Å². The minimum Gasteiger partial charge on any atom is -0.397 e. The third-order valence-corrected chi connectivity index (χ3v) is 4.19. The molecule has 0 aromatic carbocycles. The molecule has 0 unspecified atom stereocenters. The van der Waals surface area contributed by atoms with E-state index in [4.69, 9.17) is 5.73 Å². The molecule has 19 heavy (non-hydrogen) atoms. The van der Waals surface area contributed by atoms with Crippen molar-refractivity contribution < 1.29 is 0 Å². The largest absolute Gasteiger partial charge is 0.397 e. The van der Waals surface area contributed by atoms with Crippen molar-refractivity contribution in [2.45, 2.75) is 6.54 Å². The summed E-state index contributed by atoms with van der Waals surface area (Å²) in [5, 5.41) is 4.37. The molecule has 0 aliphatic carbocycles. The Morgan fingerprint density at radius 1 is 1.16 bits per heavy atom. The van der Waals surface area contributed by atoms with E-state index in [0.717, 1.165) is 44.2 Å². The molecule has 2 aromatic rings. The number of hydrogen-bond acceptors (Lipinski definition) is 5. The lowest BCUT2D eigenvalue weighted by atomic mass is 10.2. The van der Waals surface area contributed by atoms with Crippen molar-refractivity contribution in [3.8, 4) is 0 Å². The maximum Gasteiger partial charge on any atom is 0.128 e. The Balaban J connectivity index is 1.56. The van der Waals surface area contributed by atoms with E-state index in [1.54, 1.807) is 17.5 Å². The average Bonchev–Trinajstić information content (AvgIpc) is 2.94. The number of nitrogen functional groups attached to an aromatic ring is 1. The molecular weight excluding hydrogens is 256 g/mol. The first kappa shape index (κ1) is 12.4. The van der Waals surface area contributed by atoms with Crippen LogP contribution in [0.3, 0.4) is 0 Å². The Morgan fingerprint density at radius 2 is 2.00 bits per heavy atom. The van der Waals surface area contributed by atoms with Crippen LogP contribution in [0, 0.1) is 0 Å². The highest BCUT2D eigenvalue weighted by Gasteiger charge is 2.17. The van der Waals surface area contributed by atoms with E-state index in [9.17, 15) is 0 Å². The van der Waals surface area contributed by atoms with E-state index >= 15 is 0 Å². The molecule has 3 rings (SSSR count). The molecule has 0 amide bonds. The number of anilines is 2. The SMILES string of the molecule is Nc1ccc(N2CCN(Cc3ccsc3)CC2)nc1. The number of aromatic nitrogens is 1. The third-order valence-electron chi connectivity index (χ3n) is 3.45. The number of piperazine rings is 1. The zero-order valence-electron chi connectivity index (χ0n) is 10.8. The molecule has 0 bridgehead atoms. The fourth-order valence-electron chi connectivity index (χ4n) is 2.36. The van der Waals surface area contributed by atoms with Crippen molar-refractivity contribution >= 4 is 22.8 Å². The lowest BCUT2D eigenvalue weighted by molar-refractivity contribution is 0.249. The minimum atomic E-state index is 0.722. The number of nitrogens with two attached hydrogens (primary N) is 1. The molecule has 0 saturated carbocycles. The Kier molecular flexibility index (Phi) is 3.66. The average molecular weight is 274 g/mol. The summed E-state index contributed by atoms with van der Waals surface area (Å²) >= 11 is 1.77. The predicted octanol–water partition coefficient (Wildman–Crippen LogP) is 2.05. The highest BCUT2D eigenvalue weighted by Crippen LogP contribution is 2.16. The normalized spacial score (nSPS) is 16.7. The van der Waals surface area contributed by atoms with Crippen molar-refractivity contribution in [2.75, 3.05) is 36.8 Å². The third kappa shape index (κ3) is 3.05. The molecule has 100 valence electrons. The molecule has 4 nitrogen and oxygen atoms in total. The number of hydrogen-bond donors (Lipinski definition) is 1. The Bertz CT molecular complexity index is 501. The van der Waals surface area contributed by atoms with Gasteiger partial charge in [-0.2, -0.15) is 11.3 Å². The highest BCUT2D eigenvalue weighted by molar-refractivity contribution is 7.07. The summed E-state index contributed by atoms with van der Waals surface area (Å²) in [5.74, 6) is 1.03. The summed E-state index contributed by atoms with van der Waals surface area (Å²) in [7, 11) is 0. The monoisotopic (exact) mass is 274 g/mol. The summed E-state index contributed by atoms with van der Waals surface area (Å²) in [6, 6.07) is 6.13. The van der Waals surface area contributed by atoms with Crippen LogP contribution in [0.4, 0.5) is 11.5 Å². The molecule has 5 heteroatoms. The van der Waals surface area contributed by atoms with Crippen LogP contribution < -0.4 is 10.6 Å².